The molecule has 0 aliphatic carbocycles. The van der Waals surface area contributed by atoms with Gasteiger partial charge in [0.05, 0.1) is 0 Å². The molecule has 1 heterocycles. The minimum Gasteiger partial charge on any atom is -0.467 e. The fourth-order valence-corrected chi connectivity index (χ4v) is 3.21. The summed E-state index contributed by atoms with van der Waals surface area (Å²) in [6, 6.07) is 7.33. The zero-order chi connectivity index (χ0) is 21.1. The molecule has 154 valence electrons. The Morgan fingerprint density at radius 3 is 2.57 bits per heavy atom. The first-order valence-corrected chi connectivity index (χ1v) is 9.16. The predicted molar refractivity (Wildman–Crippen MR) is 100 cm³/mol. The molecule has 1 aromatic rings. The van der Waals surface area contributed by atoms with E-state index in [0.717, 1.165) is 18.4 Å². The van der Waals surface area contributed by atoms with Crippen molar-refractivity contribution in [3.8, 4) is 0 Å². The Hall–Kier alpha value is -2.28. The van der Waals surface area contributed by atoms with Gasteiger partial charge in [-0.3, -0.25) is 4.79 Å². The van der Waals surface area contributed by atoms with Crippen molar-refractivity contribution in [2.75, 3.05) is 13.1 Å². The highest BCUT2D eigenvalue weighted by molar-refractivity contribution is 5.95. The van der Waals surface area contributed by atoms with Crippen molar-refractivity contribution in [1.82, 2.24) is 4.90 Å². The van der Waals surface area contributed by atoms with Crippen LogP contribution in [0.4, 0.5) is 13.2 Å². The maximum atomic E-state index is 12.8. The van der Waals surface area contributed by atoms with Crippen LogP contribution in [0.25, 0.3) is 0 Å². The lowest BCUT2D eigenvalue weighted by atomic mass is 9.95. The Bertz CT molecular complexity index is 770. The number of hydrogen-bond acceptors (Lipinski definition) is 3. The molecule has 0 aromatic heterocycles. The van der Waals surface area contributed by atoms with Crippen LogP contribution in [0.15, 0.2) is 47.9 Å². The van der Waals surface area contributed by atoms with Crippen molar-refractivity contribution in [1.29, 1.82) is 0 Å². The number of aliphatic hydroxyl groups excluding tert-OH is 1. The van der Waals surface area contributed by atoms with E-state index in [1.54, 1.807) is 11.0 Å². The van der Waals surface area contributed by atoms with Crippen LogP contribution in [0.2, 0.25) is 0 Å². The first-order valence-electron chi connectivity index (χ1n) is 9.16. The summed E-state index contributed by atoms with van der Waals surface area (Å²) in [5.41, 5.74) is 1.22. The summed E-state index contributed by atoms with van der Waals surface area (Å²) in [6.07, 6.45) is -5.86. The molecule has 0 radical (unpaired) electrons. The van der Waals surface area contributed by atoms with Gasteiger partial charge >= 0.3 is 6.18 Å². The van der Waals surface area contributed by atoms with Gasteiger partial charge in [0.2, 0.25) is 0 Å². The van der Waals surface area contributed by atoms with Crippen molar-refractivity contribution in [2.45, 2.75) is 45.9 Å². The van der Waals surface area contributed by atoms with Gasteiger partial charge in [-0.15, -0.1) is 0 Å². The monoisotopic (exact) mass is 397 g/mol. The summed E-state index contributed by atoms with van der Waals surface area (Å²) >= 11 is 0. The number of benzene rings is 1. The second-order valence-corrected chi connectivity index (χ2v) is 7.16. The molecular formula is C21H26F3NO3. The fraction of sp³-hybridized carbons (Fsp3) is 0.476. The van der Waals surface area contributed by atoms with E-state index in [1.165, 1.54) is 13.8 Å². The summed E-state index contributed by atoms with van der Waals surface area (Å²) < 4.78 is 43.6. The highest BCUT2D eigenvalue weighted by Gasteiger charge is 2.40. The number of piperidine rings is 1. The number of carbonyl (C=O) groups excluding carboxylic acids is 1. The number of nitrogens with zero attached hydrogens (tertiary/aromatic N) is 1. The summed E-state index contributed by atoms with van der Waals surface area (Å²) in [5, 5.41) is 9.37. The number of halogens is 3. The van der Waals surface area contributed by atoms with E-state index < -0.39 is 12.3 Å². The predicted octanol–water partition coefficient (Wildman–Crippen LogP) is 4.59. The number of likely N-dealkylation sites (tertiary alicyclic amines) is 1. The molecular weight excluding hydrogens is 371 g/mol. The van der Waals surface area contributed by atoms with Gasteiger partial charge in [0, 0.05) is 30.1 Å². The summed E-state index contributed by atoms with van der Waals surface area (Å²) in [6.45, 7) is 9.27. The summed E-state index contributed by atoms with van der Waals surface area (Å²) in [4.78, 5) is 14.5. The Kier molecular flexibility index (Phi) is 6.93. The first-order chi connectivity index (χ1) is 13.0. The number of aryl methyl sites for hydroxylation is 1. The van der Waals surface area contributed by atoms with Gasteiger partial charge in [-0.1, -0.05) is 24.8 Å². The molecule has 2 atom stereocenters. The third-order valence-corrected chi connectivity index (χ3v) is 5.10. The molecule has 7 heteroatoms. The molecule has 1 N–H and O–H groups in total. The van der Waals surface area contributed by atoms with E-state index >= 15 is 0 Å². The molecule has 1 aliphatic heterocycles. The van der Waals surface area contributed by atoms with Crippen LogP contribution in [0.5, 0.6) is 0 Å². The highest BCUT2D eigenvalue weighted by Crippen LogP contribution is 2.30. The molecule has 1 aromatic carbocycles. The lowest BCUT2D eigenvalue weighted by Gasteiger charge is -2.34. The zero-order valence-electron chi connectivity index (χ0n) is 16.3. The summed E-state index contributed by atoms with van der Waals surface area (Å²) in [7, 11) is 0. The van der Waals surface area contributed by atoms with Gasteiger partial charge in [0.25, 0.3) is 5.91 Å². The maximum absolute atomic E-state index is 12.8. The van der Waals surface area contributed by atoms with Crippen LogP contribution in [0.1, 0.15) is 42.6 Å². The van der Waals surface area contributed by atoms with Crippen molar-refractivity contribution >= 4 is 5.91 Å². The van der Waals surface area contributed by atoms with Crippen LogP contribution in [0.3, 0.4) is 0 Å². The topological polar surface area (TPSA) is 49.8 Å². The largest absolute Gasteiger partial charge is 0.467 e. The number of aliphatic hydroxyl groups is 1. The Morgan fingerprint density at radius 1 is 1.32 bits per heavy atom. The molecule has 1 fully saturated rings. The lowest BCUT2D eigenvalue weighted by Crippen LogP contribution is -2.40. The van der Waals surface area contributed by atoms with E-state index in [0.29, 0.717) is 24.4 Å². The van der Waals surface area contributed by atoms with Crippen molar-refractivity contribution in [3.63, 3.8) is 0 Å². The SMILES string of the molecule is C=C(O/C(C)=C(\C)C(O)C(F)(F)F)C1CCCN(C(=O)c2ccccc2C)C1. The molecule has 0 saturated carbocycles. The maximum Gasteiger partial charge on any atom is 0.418 e. The van der Waals surface area contributed by atoms with E-state index in [2.05, 4.69) is 6.58 Å². The molecule has 1 aliphatic rings. The molecule has 1 amide bonds. The lowest BCUT2D eigenvalue weighted by molar-refractivity contribution is -0.192. The Balaban J connectivity index is 2.07. The van der Waals surface area contributed by atoms with Crippen LogP contribution >= 0.6 is 0 Å². The molecule has 28 heavy (non-hydrogen) atoms. The normalized spacial score (nSPS) is 19.7. The van der Waals surface area contributed by atoms with Gasteiger partial charge in [0.1, 0.15) is 11.5 Å². The molecule has 0 spiro atoms. The van der Waals surface area contributed by atoms with Crippen LogP contribution in [-0.2, 0) is 4.74 Å². The van der Waals surface area contributed by atoms with Gasteiger partial charge < -0.3 is 14.7 Å². The number of allylic oxidation sites excluding steroid dienone is 1. The van der Waals surface area contributed by atoms with Crippen LogP contribution < -0.4 is 0 Å². The average molecular weight is 397 g/mol. The second kappa shape index (κ2) is 8.82. The summed E-state index contributed by atoms with van der Waals surface area (Å²) in [5.74, 6) is 0.00437. The second-order valence-electron chi connectivity index (χ2n) is 7.16. The quantitative estimate of drug-likeness (QED) is 0.739. The number of hydrogen-bond donors (Lipinski definition) is 1. The fourth-order valence-electron chi connectivity index (χ4n) is 3.21. The van der Waals surface area contributed by atoms with Gasteiger partial charge in [-0.25, -0.2) is 0 Å². The standard InChI is InChI=1S/C21H26F3NO3/c1-13-8-5-6-10-18(13)20(27)25-11-7-9-17(12-25)16(4)28-15(3)14(2)19(26)21(22,23)24/h5-6,8,10,17,19,26H,4,7,9,11-12H2,1-3H3/b15-14+. The third-order valence-electron chi connectivity index (χ3n) is 5.10. The van der Waals surface area contributed by atoms with Gasteiger partial charge in [-0.05, 0) is 45.2 Å². The molecule has 0 bridgehead atoms. The Labute approximate surface area is 163 Å². The zero-order valence-corrected chi connectivity index (χ0v) is 16.3. The first kappa shape index (κ1) is 22.0. The highest BCUT2D eigenvalue weighted by atomic mass is 19.4. The average Bonchev–Trinajstić information content (AvgIpc) is 2.65. The van der Waals surface area contributed by atoms with Crippen LogP contribution in [-0.4, -0.2) is 41.3 Å². The molecule has 2 rings (SSSR count). The third kappa shape index (κ3) is 5.16. The number of ether oxygens (including phenoxy) is 1. The molecule has 1 saturated heterocycles. The smallest absolute Gasteiger partial charge is 0.418 e. The van der Waals surface area contributed by atoms with Crippen molar-refractivity contribution < 1.29 is 27.8 Å². The van der Waals surface area contributed by atoms with E-state index in [-0.39, 0.29) is 23.2 Å². The minimum absolute atomic E-state index is 0.0304. The van der Waals surface area contributed by atoms with Crippen LogP contribution in [0, 0.1) is 12.8 Å². The van der Waals surface area contributed by atoms with Gasteiger partial charge in [-0.2, -0.15) is 13.2 Å². The number of carbonyl (C=O) groups is 1. The minimum atomic E-state index is -4.75. The molecule has 2 unspecified atom stereocenters. The number of amides is 1. The van der Waals surface area contributed by atoms with Crippen molar-refractivity contribution in [3.05, 3.63) is 59.1 Å². The van der Waals surface area contributed by atoms with E-state index in [1.807, 2.05) is 25.1 Å². The van der Waals surface area contributed by atoms with E-state index in [9.17, 15) is 23.1 Å². The number of rotatable bonds is 5. The van der Waals surface area contributed by atoms with Crippen molar-refractivity contribution in [2.24, 2.45) is 5.92 Å². The van der Waals surface area contributed by atoms with E-state index in [4.69, 9.17) is 4.74 Å². The molecule has 4 nitrogen and oxygen atoms in total. The number of alkyl halides is 3. The Morgan fingerprint density at radius 2 is 1.96 bits per heavy atom. The van der Waals surface area contributed by atoms with Gasteiger partial charge in [0.15, 0.2) is 6.10 Å².